The Kier molecular flexibility index (Phi) is 7.09. The van der Waals surface area contributed by atoms with Gasteiger partial charge in [0.15, 0.2) is 0 Å². The first-order valence-electron chi connectivity index (χ1n) is 7.24. The topological polar surface area (TPSA) is 50.4 Å². The molecule has 1 amide bonds. The summed E-state index contributed by atoms with van der Waals surface area (Å²) < 4.78 is 5.34. The van der Waals surface area contributed by atoms with Crippen LogP contribution in [0.25, 0.3) is 0 Å². The van der Waals surface area contributed by atoms with Gasteiger partial charge in [-0.15, -0.1) is 0 Å². The number of hydrogen-bond acceptors (Lipinski definition) is 3. The van der Waals surface area contributed by atoms with E-state index < -0.39 is 0 Å². The maximum Gasteiger partial charge on any atom is 0.221 e. The fraction of sp³-hybridized carbons (Fsp3) is 0.562. The van der Waals surface area contributed by atoms with Crippen LogP contribution in [0.5, 0.6) is 5.75 Å². The highest BCUT2D eigenvalue weighted by Crippen LogP contribution is 2.23. The van der Waals surface area contributed by atoms with Crippen molar-refractivity contribution >= 4 is 5.91 Å². The van der Waals surface area contributed by atoms with Crippen molar-refractivity contribution in [3.63, 3.8) is 0 Å². The van der Waals surface area contributed by atoms with E-state index in [2.05, 4.69) is 24.5 Å². The summed E-state index contributed by atoms with van der Waals surface area (Å²) in [5.74, 6) is 0.968. The summed E-state index contributed by atoms with van der Waals surface area (Å²) in [7, 11) is 1.67. The maximum absolute atomic E-state index is 11.7. The van der Waals surface area contributed by atoms with Crippen molar-refractivity contribution in [1.82, 2.24) is 10.6 Å². The first-order valence-corrected chi connectivity index (χ1v) is 7.24. The standard InChI is InChI=1S/C16H26N2O2/c1-5-12(2)18-16(19)10-11-17-13(3)14-8-6-7-9-15(14)20-4/h6-9,12-13,17H,5,10-11H2,1-4H3,(H,18,19). The summed E-state index contributed by atoms with van der Waals surface area (Å²) in [4.78, 5) is 11.7. The van der Waals surface area contributed by atoms with Crippen LogP contribution in [-0.4, -0.2) is 25.6 Å². The highest BCUT2D eigenvalue weighted by atomic mass is 16.5. The van der Waals surface area contributed by atoms with Crippen LogP contribution in [0.1, 0.15) is 45.2 Å². The molecule has 4 nitrogen and oxygen atoms in total. The fourth-order valence-corrected chi connectivity index (χ4v) is 1.99. The predicted octanol–water partition coefficient (Wildman–Crippen LogP) is 2.65. The van der Waals surface area contributed by atoms with E-state index in [1.165, 1.54) is 0 Å². The van der Waals surface area contributed by atoms with Gasteiger partial charge in [-0.1, -0.05) is 25.1 Å². The molecule has 0 spiro atoms. The van der Waals surface area contributed by atoms with Crippen molar-refractivity contribution < 1.29 is 9.53 Å². The quantitative estimate of drug-likeness (QED) is 0.768. The lowest BCUT2D eigenvalue weighted by Crippen LogP contribution is -2.34. The first-order chi connectivity index (χ1) is 9.58. The molecule has 0 heterocycles. The minimum Gasteiger partial charge on any atom is -0.496 e. The molecular formula is C16H26N2O2. The number of hydrogen-bond donors (Lipinski definition) is 2. The van der Waals surface area contributed by atoms with Crippen LogP contribution in [0, 0.1) is 0 Å². The van der Waals surface area contributed by atoms with Crippen molar-refractivity contribution in [1.29, 1.82) is 0 Å². The van der Waals surface area contributed by atoms with Crippen molar-refractivity contribution in [3.05, 3.63) is 29.8 Å². The predicted molar refractivity (Wildman–Crippen MR) is 81.9 cm³/mol. The zero-order valence-electron chi connectivity index (χ0n) is 12.9. The van der Waals surface area contributed by atoms with Crippen LogP contribution in [0.15, 0.2) is 24.3 Å². The van der Waals surface area contributed by atoms with E-state index in [0.717, 1.165) is 17.7 Å². The van der Waals surface area contributed by atoms with Gasteiger partial charge < -0.3 is 15.4 Å². The average molecular weight is 278 g/mol. The summed E-state index contributed by atoms with van der Waals surface area (Å²) in [5.41, 5.74) is 1.11. The zero-order chi connectivity index (χ0) is 15.0. The summed E-state index contributed by atoms with van der Waals surface area (Å²) in [5, 5.41) is 6.32. The first kappa shape index (κ1) is 16.5. The third kappa shape index (κ3) is 5.21. The number of ether oxygens (including phenoxy) is 1. The molecule has 1 rings (SSSR count). The second-order valence-electron chi connectivity index (χ2n) is 5.04. The number of carbonyl (C=O) groups is 1. The monoisotopic (exact) mass is 278 g/mol. The number of nitrogens with one attached hydrogen (secondary N) is 2. The lowest BCUT2D eigenvalue weighted by molar-refractivity contribution is -0.121. The molecule has 0 aliphatic rings. The molecule has 2 N–H and O–H groups in total. The molecule has 0 fully saturated rings. The molecule has 0 aromatic heterocycles. The molecule has 1 aromatic rings. The van der Waals surface area contributed by atoms with Gasteiger partial charge in [0.2, 0.25) is 5.91 Å². The van der Waals surface area contributed by atoms with Crippen molar-refractivity contribution in [3.8, 4) is 5.75 Å². The largest absolute Gasteiger partial charge is 0.496 e. The normalized spacial score (nSPS) is 13.6. The molecule has 0 saturated carbocycles. The second kappa shape index (κ2) is 8.59. The number of methoxy groups -OCH3 is 1. The van der Waals surface area contributed by atoms with Crippen LogP contribution in [0.2, 0.25) is 0 Å². The van der Waals surface area contributed by atoms with E-state index in [1.807, 2.05) is 31.2 Å². The molecule has 112 valence electrons. The lowest BCUT2D eigenvalue weighted by atomic mass is 10.1. The Morgan fingerprint density at radius 3 is 2.65 bits per heavy atom. The highest BCUT2D eigenvalue weighted by molar-refractivity contribution is 5.76. The van der Waals surface area contributed by atoms with Gasteiger partial charge >= 0.3 is 0 Å². The van der Waals surface area contributed by atoms with Gasteiger partial charge in [-0.05, 0) is 26.3 Å². The molecular weight excluding hydrogens is 252 g/mol. The molecule has 2 atom stereocenters. The fourth-order valence-electron chi connectivity index (χ4n) is 1.99. The van der Waals surface area contributed by atoms with Gasteiger partial charge in [-0.2, -0.15) is 0 Å². The number of benzene rings is 1. The summed E-state index contributed by atoms with van der Waals surface area (Å²) in [6.07, 6.45) is 1.45. The smallest absolute Gasteiger partial charge is 0.221 e. The lowest BCUT2D eigenvalue weighted by Gasteiger charge is -2.17. The van der Waals surface area contributed by atoms with E-state index in [4.69, 9.17) is 4.74 Å². The molecule has 2 unspecified atom stereocenters. The molecule has 0 radical (unpaired) electrons. The molecule has 0 bridgehead atoms. The van der Waals surface area contributed by atoms with Gasteiger partial charge in [0, 0.05) is 30.6 Å². The molecule has 4 heteroatoms. The van der Waals surface area contributed by atoms with E-state index in [0.29, 0.717) is 13.0 Å². The van der Waals surface area contributed by atoms with E-state index in [9.17, 15) is 4.79 Å². The highest BCUT2D eigenvalue weighted by Gasteiger charge is 2.11. The Hall–Kier alpha value is -1.55. The van der Waals surface area contributed by atoms with Crippen molar-refractivity contribution in [2.45, 2.75) is 45.7 Å². The van der Waals surface area contributed by atoms with Crippen LogP contribution in [-0.2, 0) is 4.79 Å². The van der Waals surface area contributed by atoms with Crippen LogP contribution in [0.4, 0.5) is 0 Å². The Morgan fingerprint density at radius 2 is 2.00 bits per heavy atom. The van der Waals surface area contributed by atoms with Crippen LogP contribution in [0.3, 0.4) is 0 Å². The summed E-state index contributed by atoms with van der Waals surface area (Å²) >= 11 is 0. The Labute approximate surface area is 121 Å². The van der Waals surface area contributed by atoms with Gasteiger partial charge in [-0.25, -0.2) is 0 Å². The van der Waals surface area contributed by atoms with Gasteiger partial charge in [-0.3, -0.25) is 4.79 Å². The van der Waals surface area contributed by atoms with E-state index >= 15 is 0 Å². The van der Waals surface area contributed by atoms with E-state index in [1.54, 1.807) is 7.11 Å². The minimum atomic E-state index is 0.0964. The third-order valence-corrected chi connectivity index (χ3v) is 3.43. The summed E-state index contributed by atoms with van der Waals surface area (Å²) in [6.45, 7) is 6.81. The maximum atomic E-state index is 11.7. The molecule has 0 aliphatic heterocycles. The van der Waals surface area contributed by atoms with Crippen LogP contribution >= 0.6 is 0 Å². The van der Waals surface area contributed by atoms with Gasteiger partial charge in [0.1, 0.15) is 5.75 Å². The third-order valence-electron chi connectivity index (χ3n) is 3.43. The molecule has 0 saturated heterocycles. The zero-order valence-corrected chi connectivity index (χ0v) is 12.9. The minimum absolute atomic E-state index is 0.0964. The number of amides is 1. The molecule has 0 aliphatic carbocycles. The van der Waals surface area contributed by atoms with Crippen molar-refractivity contribution in [2.75, 3.05) is 13.7 Å². The molecule has 1 aromatic carbocycles. The van der Waals surface area contributed by atoms with Gasteiger partial charge in [0.05, 0.1) is 7.11 Å². The number of para-hydroxylation sites is 1. The van der Waals surface area contributed by atoms with Gasteiger partial charge in [0.25, 0.3) is 0 Å². The summed E-state index contributed by atoms with van der Waals surface area (Å²) in [6, 6.07) is 8.33. The molecule has 20 heavy (non-hydrogen) atoms. The Morgan fingerprint density at radius 1 is 1.30 bits per heavy atom. The second-order valence-corrected chi connectivity index (χ2v) is 5.04. The Bertz CT molecular complexity index is 421. The van der Waals surface area contributed by atoms with Crippen molar-refractivity contribution in [2.24, 2.45) is 0 Å². The SMILES string of the molecule is CCC(C)NC(=O)CCNC(C)c1ccccc1OC. The number of rotatable bonds is 8. The average Bonchev–Trinajstić information content (AvgIpc) is 2.46. The Balaban J connectivity index is 2.40. The number of carbonyl (C=O) groups excluding carboxylic acids is 1. The van der Waals surface area contributed by atoms with Crippen LogP contribution < -0.4 is 15.4 Å². The van der Waals surface area contributed by atoms with E-state index in [-0.39, 0.29) is 18.0 Å².